The molecule has 8 nitrogen and oxygen atoms in total. The predicted octanol–water partition coefficient (Wildman–Crippen LogP) is 4.75. The van der Waals surface area contributed by atoms with E-state index in [1.54, 1.807) is 61.5 Å². The molecular formula is C26H22ClN3O5. The number of amides is 4. The van der Waals surface area contributed by atoms with E-state index in [1.165, 1.54) is 13.0 Å². The Morgan fingerprint density at radius 2 is 1.63 bits per heavy atom. The second-order valence-electron chi connectivity index (χ2n) is 7.84. The molecule has 0 spiro atoms. The summed E-state index contributed by atoms with van der Waals surface area (Å²) in [5.41, 5.74) is 2.37. The summed E-state index contributed by atoms with van der Waals surface area (Å²) in [6.45, 7) is 3.52. The Morgan fingerprint density at radius 3 is 2.23 bits per heavy atom. The van der Waals surface area contributed by atoms with Gasteiger partial charge in [-0.15, -0.1) is 0 Å². The number of fused-ring (bicyclic) bond motifs is 1. The molecule has 4 amide bonds. The highest BCUT2D eigenvalue weighted by Gasteiger charge is 2.35. The van der Waals surface area contributed by atoms with Crippen molar-refractivity contribution in [1.29, 1.82) is 0 Å². The van der Waals surface area contributed by atoms with E-state index in [-0.39, 0.29) is 34.9 Å². The van der Waals surface area contributed by atoms with Crippen LogP contribution in [0.2, 0.25) is 5.02 Å². The minimum absolute atomic E-state index is 0.00516. The van der Waals surface area contributed by atoms with Crippen LogP contribution < -0.4 is 15.4 Å². The fraction of sp³-hybridized carbons (Fsp3) is 0.154. The van der Waals surface area contributed by atoms with Crippen LogP contribution in [0.1, 0.15) is 50.5 Å². The van der Waals surface area contributed by atoms with Crippen LogP contribution in [0.15, 0.2) is 60.7 Å². The first-order chi connectivity index (χ1) is 16.8. The minimum atomic E-state index is -0.480. The van der Waals surface area contributed by atoms with E-state index in [4.69, 9.17) is 16.3 Å². The van der Waals surface area contributed by atoms with Crippen molar-refractivity contribution < 1.29 is 23.9 Å². The zero-order valence-corrected chi connectivity index (χ0v) is 19.8. The van der Waals surface area contributed by atoms with Gasteiger partial charge in [-0.05, 0) is 55.0 Å². The van der Waals surface area contributed by atoms with Gasteiger partial charge in [0.1, 0.15) is 5.75 Å². The molecule has 1 heterocycles. The van der Waals surface area contributed by atoms with E-state index >= 15 is 0 Å². The smallest absolute Gasteiger partial charge is 0.261 e. The van der Waals surface area contributed by atoms with Crippen molar-refractivity contribution in [1.82, 2.24) is 4.90 Å². The summed E-state index contributed by atoms with van der Waals surface area (Å²) in [6.07, 6.45) is 0. The van der Waals surface area contributed by atoms with Crippen LogP contribution in [-0.4, -0.2) is 35.1 Å². The Bertz CT molecular complexity index is 1320. The van der Waals surface area contributed by atoms with E-state index < -0.39 is 5.91 Å². The number of benzene rings is 3. The number of ether oxygens (including phenoxy) is 1. The number of halogens is 1. The van der Waals surface area contributed by atoms with Crippen LogP contribution in [-0.2, 0) is 11.3 Å². The van der Waals surface area contributed by atoms with Crippen LogP contribution in [0.4, 0.5) is 11.4 Å². The number of nitrogens with zero attached hydrogens (tertiary/aromatic N) is 1. The molecule has 0 fully saturated rings. The summed E-state index contributed by atoms with van der Waals surface area (Å²) in [5.74, 6) is -1.13. The van der Waals surface area contributed by atoms with Crippen LogP contribution >= 0.6 is 11.6 Å². The average Bonchev–Trinajstić information content (AvgIpc) is 3.06. The van der Waals surface area contributed by atoms with Gasteiger partial charge >= 0.3 is 0 Å². The second-order valence-corrected chi connectivity index (χ2v) is 8.24. The van der Waals surface area contributed by atoms with E-state index in [0.717, 1.165) is 4.90 Å². The molecule has 0 aliphatic carbocycles. The van der Waals surface area contributed by atoms with Crippen LogP contribution in [0.25, 0.3) is 0 Å². The number of hydrogen-bond donors (Lipinski definition) is 2. The number of imide groups is 1. The molecule has 35 heavy (non-hydrogen) atoms. The highest BCUT2D eigenvalue weighted by atomic mass is 35.5. The first-order valence-electron chi connectivity index (χ1n) is 10.9. The van der Waals surface area contributed by atoms with Gasteiger partial charge in [0.2, 0.25) is 5.91 Å². The summed E-state index contributed by atoms with van der Waals surface area (Å²) >= 11 is 6.29. The highest BCUT2D eigenvalue weighted by molar-refractivity contribution is 6.34. The minimum Gasteiger partial charge on any atom is -0.493 e. The number of hydrogen-bond acceptors (Lipinski definition) is 5. The Balaban J connectivity index is 1.58. The van der Waals surface area contributed by atoms with E-state index in [9.17, 15) is 19.2 Å². The quantitative estimate of drug-likeness (QED) is 0.464. The molecule has 3 aromatic carbocycles. The first-order valence-corrected chi connectivity index (χ1v) is 11.3. The summed E-state index contributed by atoms with van der Waals surface area (Å²) in [6, 6.07) is 16.3. The summed E-state index contributed by atoms with van der Waals surface area (Å²) < 4.78 is 5.62. The molecule has 1 aliphatic heterocycles. The molecule has 2 N–H and O–H groups in total. The molecule has 0 saturated carbocycles. The molecule has 4 rings (SSSR count). The van der Waals surface area contributed by atoms with Gasteiger partial charge in [-0.3, -0.25) is 24.1 Å². The molecule has 0 atom stereocenters. The molecule has 0 bridgehead atoms. The third-order valence-electron chi connectivity index (χ3n) is 5.34. The van der Waals surface area contributed by atoms with E-state index in [0.29, 0.717) is 40.4 Å². The molecule has 0 unspecified atom stereocenters. The lowest BCUT2D eigenvalue weighted by atomic mass is 10.1. The maximum atomic E-state index is 13.2. The standard InChI is InChI=1S/C26H22ClN3O5/c1-3-35-23-11-8-16(14-30-25(33)18-6-4-5-7-19(18)26(30)34)12-20(23)24(32)29-22-10-9-17(13-21(22)27)28-15(2)31/h4-13H,3,14H2,1-2H3,(H,28,31)(H,29,32). The second kappa shape index (κ2) is 9.99. The highest BCUT2D eigenvalue weighted by Crippen LogP contribution is 2.29. The summed E-state index contributed by atoms with van der Waals surface area (Å²) in [4.78, 5) is 51.0. The lowest BCUT2D eigenvalue weighted by molar-refractivity contribution is -0.114. The Morgan fingerprint density at radius 1 is 0.943 bits per heavy atom. The van der Waals surface area contributed by atoms with Crippen molar-refractivity contribution in [2.45, 2.75) is 20.4 Å². The molecule has 0 radical (unpaired) electrons. The lowest BCUT2D eigenvalue weighted by Crippen LogP contribution is -2.29. The van der Waals surface area contributed by atoms with Crippen molar-refractivity contribution in [3.63, 3.8) is 0 Å². The third kappa shape index (κ3) is 5.02. The Labute approximate surface area is 206 Å². The maximum absolute atomic E-state index is 13.2. The molecule has 1 aliphatic rings. The number of nitrogens with one attached hydrogen (secondary N) is 2. The third-order valence-corrected chi connectivity index (χ3v) is 5.66. The van der Waals surface area contributed by atoms with Gasteiger partial charge in [0, 0.05) is 12.6 Å². The van der Waals surface area contributed by atoms with E-state index in [2.05, 4.69) is 10.6 Å². The number of anilines is 2. The van der Waals surface area contributed by atoms with Gasteiger partial charge in [-0.1, -0.05) is 29.8 Å². The molecule has 0 aromatic heterocycles. The Kier molecular flexibility index (Phi) is 6.84. The van der Waals surface area contributed by atoms with Crippen LogP contribution in [0, 0.1) is 0 Å². The number of carbonyl (C=O) groups excluding carboxylic acids is 4. The molecular weight excluding hydrogens is 470 g/mol. The fourth-order valence-corrected chi connectivity index (χ4v) is 4.01. The average molecular weight is 492 g/mol. The SMILES string of the molecule is CCOc1ccc(CN2C(=O)c3ccccc3C2=O)cc1C(=O)Nc1ccc(NC(C)=O)cc1Cl. The molecule has 9 heteroatoms. The van der Waals surface area contributed by atoms with Gasteiger partial charge in [0.05, 0.1) is 40.6 Å². The summed E-state index contributed by atoms with van der Waals surface area (Å²) in [7, 11) is 0. The zero-order chi connectivity index (χ0) is 25.1. The predicted molar refractivity (Wildman–Crippen MR) is 132 cm³/mol. The lowest BCUT2D eigenvalue weighted by Gasteiger charge is -2.17. The van der Waals surface area contributed by atoms with Crippen molar-refractivity contribution >= 4 is 46.6 Å². The van der Waals surface area contributed by atoms with Crippen LogP contribution in [0.3, 0.4) is 0 Å². The van der Waals surface area contributed by atoms with Gasteiger partial charge in [-0.2, -0.15) is 0 Å². The number of rotatable bonds is 7. The normalized spacial score (nSPS) is 12.4. The first kappa shape index (κ1) is 24.0. The zero-order valence-electron chi connectivity index (χ0n) is 19.1. The van der Waals surface area contributed by atoms with Gasteiger partial charge in [0.15, 0.2) is 0 Å². The van der Waals surface area contributed by atoms with Crippen molar-refractivity contribution in [2.75, 3.05) is 17.2 Å². The van der Waals surface area contributed by atoms with Crippen LogP contribution in [0.5, 0.6) is 5.75 Å². The molecule has 0 saturated heterocycles. The monoisotopic (exact) mass is 491 g/mol. The van der Waals surface area contributed by atoms with Crippen molar-refractivity contribution in [3.05, 3.63) is 87.9 Å². The van der Waals surface area contributed by atoms with Crippen molar-refractivity contribution in [2.24, 2.45) is 0 Å². The number of carbonyl (C=O) groups is 4. The Hall–Kier alpha value is -4.17. The molecule has 3 aromatic rings. The maximum Gasteiger partial charge on any atom is 0.261 e. The van der Waals surface area contributed by atoms with Gasteiger partial charge in [-0.25, -0.2) is 0 Å². The largest absolute Gasteiger partial charge is 0.493 e. The fourth-order valence-electron chi connectivity index (χ4n) is 3.79. The van der Waals surface area contributed by atoms with E-state index in [1.807, 2.05) is 0 Å². The van der Waals surface area contributed by atoms with Gasteiger partial charge < -0.3 is 15.4 Å². The van der Waals surface area contributed by atoms with Crippen molar-refractivity contribution in [3.8, 4) is 5.75 Å². The van der Waals surface area contributed by atoms with Gasteiger partial charge in [0.25, 0.3) is 17.7 Å². The molecule has 178 valence electrons. The topological polar surface area (TPSA) is 105 Å². The summed E-state index contributed by atoms with van der Waals surface area (Å²) in [5, 5.41) is 5.61.